The summed E-state index contributed by atoms with van der Waals surface area (Å²) in [5.41, 5.74) is 4.68. The van der Waals surface area contributed by atoms with Gasteiger partial charge in [-0.1, -0.05) is 32.1 Å². The zero-order chi connectivity index (χ0) is 14.0. The van der Waals surface area contributed by atoms with Gasteiger partial charge < -0.3 is 15.9 Å². The monoisotopic (exact) mass is 269 g/mol. The van der Waals surface area contributed by atoms with E-state index in [0.717, 1.165) is 19.3 Å². The summed E-state index contributed by atoms with van der Waals surface area (Å²) in [5.74, 6) is -2.35. The van der Waals surface area contributed by atoms with Gasteiger partial charge >= 0.3 is 11.9 Å². The number of carboxylic acid groups (broad SMARTS) is 2. The molecule has 2 saturated carbocycles. The minimum atomic E-state index is -1.35. The zero-order valence-electron chi connectivity index (χ0n) is 11.2. The number of aliphatic carboxylic acids is 2. The highest BCUT2D eigenvalue weighted by Crippen LogP contribution is 2.48. The lowest BCUT2D eigenvalue weighted by molar-refractivity contribution is -0.145. The van der Waals surface area contributed by atoms with E-state index in [4.69, 9.17) is 10.8 Å². The minimum Gasteiger partial charge on any atom is -0.481 e. The Balaban J connectivity index is 1.92. The van der Waals surface area contributed by atoms with E-state index in [9.17, 15) is 14.7 Å². The molecule has 5 heteroatoms. The molecule has 0 aromatic carbocycles. The van der Waals surface area contributed by atoms with Gasteiger partial charge in [-0.25, -0.2) is 0 Å². The van der Waals surface area contributed by atoms with Crippen LogP contribution in [0.25, 0.3) is 0 Å². The molecule has 0 aliphatic heterocycles. The van der Waals surface area contributed by atoms with E-state index >= 15 is 0 Å². The van der Waals surface area contributed by atoms with Gasteiger partial charge in [0.25, 0.3) is 0 Å². The van der Waals surface area contributed by atoms with E-state index in [1.807, 2.05) is 0 Å². The molecule has 0 aromatic heterocycles. The average molecular weight is 269 g/mol. The second kappa shape index (κ2) is 5.49. The van der Waals surface area contributed by atoms with Crippen molar-refractivity contribution in [1.82, 2.24) is 0 Å². The normalized spacial score (nSPS) is 30.6. The molecule has 0 saturated heterocycles. The van der Waals surface area contributed by atoms with Crippen molar-refractivity contribution in [1.29, 1.82) is 0 Å². The molecule has 0 amide bonds. The van der Waals surface area contributed by atoms with Gasteiger partial charge in [-0.3, -0.25) is 9.59 Å². The summed E-state index contributed by atoms with van der Waals surface area (Å²) >= 11 is 0. The van der Waals surface area contributed by atoms with Crippen molar-refractivity contribution in [2.24, 2.45) is 23.5 Å². The molecule has 19 heavy (non-hydrogen) atoms. The molecule has 1 unspecified atom stereocenters. The van der Waals surface area contributed by atoms with Crippen LogP contribution in [-0.2, 0) is 9.59 Å². The van der Waals surface area contributed by atoms with Crippen LogP contribution in [0.15, 0.2) is 0 Å². The van der Waals surface area contributed by atoms with Gasteiger partial charge in [0.05, 0.1) is 5.92 Å². The topological polar surface area (TPSA) is 101 Å². The van der Waals surface area contributed by atoms with Crippen molar-refractivity contribution >= 4 is 11.9 Å². The summed E-state index contributed by atoms with van der Waals surface area (Å²) in [5, 5.41) is 18.3. The second-order valence-electron chi connectivity index (χ2n) is 6.18. The first-order chi connectivity index (χ1) is 8.95. The molecule has 0 spiro atoms. The summed E-state index contributed by atoms with van der Waals surface area (Å²) in [6.07, 6.45) is 7.64. The van der Waals surface area contributed by atoms with Crippen LogP contribution in [-0.4, -0.2) is 27.7 Å². The molecule has 3 atom stereocenters. The molecule has 2 rings (SSSR count). The molecular formula is C14H23NO4. The number of hydrogen-bond donors (Lipinski definition) is 3. The van der Waals surface area contributed by atoms with E-state index in [2.05, 4.69) is 0 Å². The SMILES string of the molecule is N[C@@](CCC1CCCCC1)(C(=O)O)C1C[C@@H]1C(=O)O. The number of nitrogens with two attached hydrogens (primary N) is 1. The summed E-state index contributed by atoms with van der Waals surface area (Å²) in [4.78, 5) is 22.3. The molecule has 4 N–H and O–H groups in total. The van der Waals surface area contributed by atoms with Crippen molar-refractivity contribution < 1.29 is 19.8 Å². The molecule has 2 aliphatic rings. The molecule has 0 aromatic rings. The maximum Gasteiger partial charge on any atom is 0.323 e. The van der Waals surface area contributed by atoms with Gasteiger partial charge in [0, 0.05) is 5.92 Å². The van der Waals surface area contributed by atoms with Gasteiger partial charge in [-0.15, -0.1) is 0 Å². The smallest absolute Gasteiger partial charge is 0.323 e. The molecule has 108 valence electrons. The molecule has 2 fully saturated rings. The van der Waals surface area contributed by atoms with Gasteiger partial charge in [-0.2, -0.15) is 0 Å². The first-order valence-electron chi connectivity index (χ1n) is 7.20. The second-order valence-corrected chi connectivity index (χ2v) is 6.18. The van der Waals surface area contributed by atoms with E-state index in [0.29, 0.717) is 18.8 Å². The summed E-state index contributed by atoms with van der Waals surface area (Å²) in [6, 6.07) is 0. The van der Waals surface area contributed by atoms with E-state index in [1.165, 1.54) is 19.3 Å². The van der Waals surface area contributed by atoms with Crippen molar-refractivity contribution in [2.75, 3.05) is 0 Å². The zero-order valence-corrected chi connectivity index (χ0v) is 11.2. The Morgan fingerprint density at radius 3 is 2.26 bits per heavy atom. The predicted octanol–water partition coefficient (Wildman–Crippen LogP) is 1.85. The number of hydrogen-bond acceptors (Lipinski definition) is 3. The average Bonchev–Trinajstić information content (AvgIpc) is 3.17. The Morgan fingerprint density at radius 1 is 1.16 bits per heavy atom. The van der Waals surface area contributed by atoms with E-state index in [1.54, 1.807) is 0 Å². The third-order valence-corrected chi connectivity index (χ3v) is 4.86. The number of carboxylic acids is 2. The lowest BCUT2D eigenvalue weighted by Gasteiger charge is -2.29. The number of carbonyl (C=O) groups is 2. The Kier molecular flexibility index (Phi) is 4.13. The quantitative estimate of drug-likeness (QED) is 0.683. The van der Waals surface area contributed by atoms with Crippen molar-refractivity contribution in [3.05, 3.63) is 0 Å². The van der Waals surface area contributed by atoms with Gasteiger partial charge in [0.2, 0.25) is 0 Å². The lowest BCUT2D eigenvalue weighted by Crippen LogP contribution is -2.51. The van der Waals surface area contributed by atoms with E-state index < -0.39 is 29.3 Å². The standard InChI is InChI=1S/C14H23NO4/c15-14(13(18)19,11-8-10(11)12(16)17)7-6-9-4-2-1-3-5-9/h9-11H,1-8,15H2,(H,16,17)(H,18,19)/t10-,11?,14+/m0/s1. The largest absolute Gasteiger partial charge is 0.481 e. The highest BCUT2D eigenvalue weighted by Gasteiger charge is 2.58. The summed E-state index contributed by atoms with van der Waals surface area (Å²) < 4.78 is 0. The molecule has 0 bridgehead atoms. The highest BCUT2D eigenvalue weighted by molar-refractivity contribution is 5.83. The van der Waals surface area contributed by atoms with Gasteiger partial charge in [0.1, 0.15) is 5.54 Å². The molecular weight excluding hydrogens is 246 g/mol. The van der Waals surface area contributed by atoms with Crippen LogP contribution in [0.1, 0.15) is 51.4 Å². The maximum atomic E-state index is 11.4. The Labute approximate surface area is 113 Å². The highest BCUT2D eigenvalue weighted by atomic mass is 16.4. The third-order valence-electron chi connectivity index (χ3n) is 4.86. The van der Waals surface area contributed by atoms with Crippen LogP contribution < -0.4 is 5.73 Å². The summed E-state index contributed by atoms with van der Waals surface area (Å²) in [7, 11) is 0. The first kappa shape index (κ1) is 14.3. The van der Waals surface area contributed by atoms with Crippen LogP contribution in [0, 0.1) is 17.8 Å². The molecule has 0 heterocycles. The van der Waals surface area contributed by atoms with Crippen molar-refractivity contribution in [3.63, 3.8) is 0 Å². The first-order valence-corrected chi connectivity index (χ1v) is 7.20. The third kappa shape index (κ3) is 3.08. The van der Waals surface area contributed by atoms with E-state index in [-0.39, 0.29) is 0 Å². The van der Waals surface area contributed by atoms with Crippen molar-refractivity contribution in [3.8, 4) is 0 Å². The summed E-state index contributed by atoms with van der Waals surface area (Å²) in [6.45, 7) is 0. The van der Waals surface area contributed by atoms with Crippen molar-refractivity contribution in [2.45, 2.75) is 56.9 Å². The van der Waals surface area contributed by atoms with Crippen LogP contribution in [0.4, 0.5) is 0 Å². The fourth-order valence-corrected chi connectivity index (χ4v) is 3.41. The van der Waals surface area contributed by atoms with Gasteiger partial charge in [0.15, 0.2) is 0 Å². The maximum absolute atomic E-state index is 11.4. The van der Waals surface area contributed by atoms with Crippen LogP contribution in [0.2, 0.25) is 0 Å². The fourth-order valence-electron chi connectivity index (χ4n) is 3.41. The fraction of sp³-hybridized carbons (Fsp3) is 0.857. The molecule has 5 nitrogen and oxygen atoms in total. The lowest BCUT2D eigenvalue weighted by atomic mass is 9.80. The Bertz CT molecular complexity index is 364. The van der Waals surface area contributed by atoms with Crippen LogP contribution >= 0.6 is 0 Å². The number of rotatable bonds is 6. The predicted molar refractivity (Wildman–Crippen MR) is 69.6 cm³/mol. The Hall–Kier alpha value is -1.10. The molecule has 0 radical (unpaired) electrons. The molecule has 2 aliphatic carbocycles. The minimum absolute atomic E-state index is 0.397. The van der Waals surface area contributed by atoms with Crippen LogP contribution in [0.3, 0.4) is 0 Å². The van der Waals surface area contributed by atoms with Gasteiger partial charge in [-0.05, 0) is 25.2 Å². The van der Waals surface area contributed by atoms with Crippen LogP contribution in [0.5, 0.6) is 0 Å². The Morgan fingerprint density at radius 2 is 1.79 bits per heavy atom.